The van der Waals surface area contributed by atoms with Gasteiger partial charge < -0.3 is 14.9 Å². The maximum Gasteiger partial charge on any atom is 0.339 e. The van der Waals surface area contributed by atoms with E-state index in [1.807, 2.05) is 32.0 Å². The maximum atomic E-state index is 11.5. The van der Waals surface area contributed by atoms with Gasteiger partial charge in [0.25, 0.3) is 0 Å². The second-order valence-corrected chi connectivity index (χ2v) is 8.42. The Bertz CT molecular complexity index is 841. The molecular formula is C27H38O4. The summed E-state index contributed by atoms with van der Waals surface area (Å²) in [5.41, 5.74) is 3.25. The summed E-state index contributed by atoms with van der Waals surface area (Å²) >= 11 is 0. The van der Waals surface area contributed by atoms with Crippen LogP contribution in [0.25, 0.3) is 11.1 Å². The van der Waals surface area contributed by atoms with Crippen LogP contribution >= 0.6 is 0 Å². The summed E-state index contributed by atoms with van der Waals surface area (Å²) in [6.45, 7) is 6.78. The first-order valence-electron chi connectivity index (χ1n) is 11.8. The fourth-order valence-corrected chi connectivity index (χ4v) is 3.92. The molecule has 4 nitrogen and oxygen atoms in total. The van der Waals surface area contributed by atoms with Crippen molar-refractivity contribution >= 4 is 5.97 Å². The predicted molar refractivity (Wildman–Crippen MR) is 127 cm³/mol. The van der Waals surface area contributed by atoms with Gasteiger partial charge in [-0.15, -0.1) is 0 Å². The summed E-state index contributed by atoms with van der Waals surface area (Å²) in [5, 5.41) is 20.2. The van der Waals surface area contributed by atoms with Crippen molar-refractivity contribution in [3.8, 4) is 22.6 Å². The molecule has 0 saturated heterocycles. The maximum absolute atomic E-state index is 11.5. The fraction of sp³-hybridized carbons (Fsp3) is 0.519. The third kappa shape index (κ3) is 7.30. The number of carbonyl (C=O) groups is 1. The third-order valence-corrected chi connectivity index (χ3v) is 6.00. The molecular weight excluding hydrogens is 388 g/mol. The van der Waals surface area contributed by atoms with Gasteiger partial charge in [0.2, 0.25) is 0 Å². The minimum absolute atomic E-state index is 0.109. The lowest BCUT2D eigenvalue weighted by Crippen LogP contribution is -2.03. The molecule has 0 aliphatic carbocycles. The topological polar surface area (TPSA) is 66.8 Å². The zero-order valence-electron chi connectivity index (χ0n) is 19.4. The van der Waals surface area contributed by atoms with E-state index in [9.17, 15) is 15.0 Å². The molecule has 0 amide bonds. The van der Waals surface area contributed by atoms with Gasteiger partial charge in [0.1, 0.15) is 17.1 Å². The van der Waals surface area contributed by atoms with Gasteiger partial charge in [0, 0.05) is 0 Å². The number of aromatic carboxylic acids is 1. The number of phenols is 1. The number of carboxylic acid groups (broad SMARTS) is 1. The molecule has 0 bridgehead atoms. The molecule has 2 aromatic carbocycles. The van der Waals surface area contributed by atoms with E-state index in [1.54, 1.807) is 6.07 Å². The van der Waals surface area contributed by atoms with Gasteiger partial charge in [-0.1, -0.05) is 82.9 Å². The van der Waals surface area contributed by atoms with Crippen molar-refractivity contribution in [3.63, 3.8) is 0 Å². The quantitative estimate of drug-likeness (QED) is 0.304. The first-order chi connectivity index (χ1) is 15.0. The van der Waals surface area contributed by atoms with Gasteiger partial charge in [0.15, 0.2) is 0 Å². The molecule has 0 spiro atoms. The lowest BCUT2D eigenvalue weighted by molar-refractivity contribution is 0.0693. The Hall–Kier alpha value is -2.49. The Kier molecular flexibility index (Phi) is 10.4. The zero-order chi connectivity index (χ0) is 22.6. The SMILES string of the molecule is CCCCCCCCCCCCOc1ccc(C(=O)O)c(O)c1-c1cccc(C)c1C. The average molecular weight is 427 g/mol. The van der Waals surface area contributed by atoms with Crippen molar-refractivity contribution in [2.75, 3.05) is 6.61 Å². The minimum Gasteiger partial charge on any atom is -0.506 e. The molecule has 0 aliphatic heterocycles. The summed E-state index contributed by atoms with van der Waals surface area (Å²) in [6.07, 6.45) is 12.6. The number of rotatable bonds is 14. The molecule has 0 aromatic heterocycles. The van der Waals surface area contributed by atoms with Crippen molar-refractivity contribution < 1.29 is 19.7 Å². The number of aryl methyl sites for hydroxylation is 1. The van der Waals surface area contributed by atoms with Crippen molar-refractivity contribution in [1.29, 1.82) is 0 Å². The van der Waals surface area contributed by atoms with Crippen LogP contribution in [0, 0.1) is 13.8 Å². The molecule has 0 radical (unpaired) electrons. The molecule has 31 heavy (non-hydrogen) atoms. The van der Waals surface area contributed by atoms with E-state index in [0.717, 1.165) is 29.5 Å². The number of ether oxygens (including phenoxy) is 1. The van der Waals surface area contributed by atoms with Crippen LogP contribution in [0.5, 0.6) is 11.5 Å². The number of aromatic hydroxyl groups is 1. The van der Waals surface area contributed by atoms with Crippen LogP contribution in [0.15, 0.2) is 30.3 Å². The van der Waals surface area contributed by atoms with E-state index in [1.165, 1.54) is 57.4 Å². The van der Waals surface area contributed by atoms with Gasteiger partial charge in [-0.2, -0.15) is 0 Å². The Labute approximate surface area is 187 Å². The van der Waals surface area contributed by atoms with E-state index >= 15 is 0 Å². The first kappa shape index (κ1) is 24.8. The molecule has 2 aromatic rings. The Morgan fingerprint density at radius 2 is 1.48 bits per heavy atom. The zero-order valence-corrected chi connectivity index (χ0v) is 19.4. The van der Waals surface area contributed by atoms with Crippen LogP contribution in [0.4, 0.5) is 0 Å². The van der Waals surface area contributed by atoms with Crippen molar-refractivity contribution in [2.24, 2.45) is 0 Å². The molecule has 170 valence electrons. The highest BCUT2D eigenvalue weighted by Crippen LogP contribution is 2.42. The lowest BCUT2D eigenvalue weighted by Gasteiger charge is -2.17. The van der Waals surface area contributed by atoms with E-state index in [-0.39, 0.29) is 11.3 Å². The Morgan fingerprint density at radius 3 is 2.10 bits per heavy atom. The average Bonchev–Trinajstić information content (AvgIpc) is 2.74. The number of carboxylic acids is 1. The molecule has 4 heteroatoms. The van der Waals surface area contributed by atoms with Crippen LogP contribution in [-0.4, -0.2) is 22.8 Å². The molecule has 0 atom stereocenters. The van der Waals surface area contributed by atoms with Crippen LogP contribution in [-0.2, 0) is 0 Å². The molecule has 0 unspecified atom stereocenters. The van der Waals surface area contributed by atoms with E-state index < -0.39 is 5.97 Å². The lowest BCUT2D eigenvalue weighted by atomic mass is 9.94. The Balaban J connectivity index is 1.95. The molecule has 0 heterocycles. The monoisotopic (exact) mass is 426 g/mol. The van der Waals surface area contributed by atoms with Crippen molar-refractivity contribution in [3.05, 3.63) is 47.0 Å². The summed E-state index contributed by atoms with van der Waals surface area (Å²) < 4.78 is 6.02. The van der Waals surface area contributed by atoms with Gasteiger partial charge in [0.05, 0.1) is 12.2 Å². The van der Waals surface area contributed by atoms with Crippen LogP contribution in [0.1, 0.15) is 92.6 Å². The minimum atomic E-state index is -1.15. The normalized spacial score (nSPS) is 10.9. The smallest absolute Gasteiger partial charge is 0.339 e. The summed E-state index contributed by atoms with van der Waals surface area (Å²) in [6, 6.07) is 8.89. The van der Waals surface area contributed by atoms with Gasteiger partial charge >= 0.3 is 5.97 Å². The highest BCUT2D eigenvalue weighted by atomic mass is 16.5. The van der Waals surface area contributed by atoms with Crippen LogP contribution in [0.2, 0.25) is 0 Å². The van der Waals surface area contributed by atoms with E-state index in [4.69, 9.17) is 4.74 Å². The molecule has 0 aliphatic rings. The second kappa shape index (κ2) is 13.0. The molecule has 0 fully saturated rings. The van der Waals surface area contributed by atoms with Gasteiger partial charge in [-0.3, -0.25) is 0 Å². The summed E-state index contributed by atoms with van der Waals surface area (Å²) in [4.78, 5) is 11.5. The summed E-state index contributed by atoms with van der Waals surface area (Å²) in [7, 11) is 0. The number of hydrogen-bond acceptors (Lipinski definition) is 3. The summed E-state index contributed by atoms with van der Waals surface area (Å²) in [5.74, 6) is -0.848. The standard InChI is InChI=1S/C27H38O4/c1-4-5-6-7-8-9-10-11-12-13-19-31-24-18-17-23(27(29)30)26(28)25(24)22-16-14-15-20(2)21(22)3/h14-18,28H,4-13,19H2,1-3H3,(H,29,30). The molecule has 0 saturated carbocycles. The molecule has 2 N–H and O–H groups in total. The number of unbranched alkanes of at least 4 members (excludes halogenated alkanes) is 9. The Morgan fingerprint density at radius 1 is 0.871 bits per heavy atom. The van der Waals surface area contributed by atoms with Crippen LogP contribution in [0.3, 0.4) is 0 Å². The first-order valence-corrected chi connectivity index (χ1v) is 11.8. The third-order valence-electron chi connectivity index (χ3n) is 6.00. The number of benzene rings is 2. The highest BCUT2D eigenvalue weighted by molar-refractivity contribution is 5.96. The second-order valence-electron chi connectivity index (χ2n) is 8.42. The van der Waals surface area contributed by atoms with E-state index in [0.29, 0.717) is 17.9 Å². The van der Waals surface area contributed by atoms with Gasteiger partial charge in [-0.05, 0) is 49.1 Å². The largest absolute Gasteiger partial charge is 0.506 e. The number of hydrogen-bond donors (Lipinski definition) is 2. The highest BCUT2D eigenvalue weighted by Gasteiger charge is 2.21. The predicted octanol–water partition coefficient (Wildman–Crippen LogP) is 7.67. The van der Waals surface area contributed by atoms with Crippen molar-refractivity contribution in [1.82, 2.24) is 0 Å². The van der Waals surface area contributed by atoms with E-state index in [2.05, 4.69) is 6.92 Å². The van der Waals surface area contributed by atoms with Crippen molar-refractivity contribution in [2.45, 2.75) is 85.0 Å². The van der Waals surface area contributed by atoms with Crippen LogP contribution < -0.4 is 4.74 Å². The molecule has 2 rings (SSSR count). The fourth-order valence-electron chi connectivity index (χ4n) is 3.92. The van der Waals surface area contributed by atoms with Gasteiger partial charge in [-0.25, -0.2) is 4.79 Å².